The fourth-order valence-electron chi connectivity index (χ4n) is 3.66. The topological polar surface area (TPSA) is 77.0 Å². The fourth-order valence-corrected chi connectivity index (χ4v) is 3.66. The molecular formula is C24H21F3N4O2. The van der Waals surface area contributed by atoms with Crippen LogP contribution in [0.3, 0.4) is 0 Å². The van der Waals surface area contributed by atoms with Crippen molar-refractivity contribution in [2.24, 2.45) is 5.92 Å². The Labute approximate surface area is 188 Å². The molecule has 170 valence electrons. The van der Waals surface area contributed by atoms with Crippen molar-refractivity contribution in [2.75, 3.05) is 5.32 Å². The van der Waals surface area contributed by atoms with Crippen LogP contribution in [0.1, 0.15) is 36.8 Å². The number of nitrogens with zero attached hydrogens (tertiary/aromatic N) is 3. The molecule has 1 atom stereocenters. The monoisotopic (exact) mass is 454 g/mol. The van der Waals surface area contributed by atoms with E-state index in [0.717, 1.165) is 42.7 Å². The number of alkyl halides is 3. The molecule has 1 aliphatic carbocycles. The Morgan fingerprint density at radius 1 is 1.09 bits per heavy atom. The minimum atomic E-state index is -4.44. The quantitative estimate of drug-likeness (QED) is 0.520. The number of allylic oxidation sites excluding steroid dienone is 1. The molecule has 1 aliphatic rings. The Morgan fingerprint density at radius 3 is 2.64 bits per heavy atom. The molecule has 3 aromatic rings. The van der Waals surface area contributed by atoms with Crippen LogP contribution in [0.15, 0.2) is 66.6 Å². The second-order valence-electron chi connectivity index (χ2n) is 7.71. The Hall–Kier alpha value is -3.75. The van der Waals surface area contributed by atoms with Gasteiger partial charge >= 0.3 is 6.18 Å². The minimum absolute atomic E-state index is 0.0744. The van der Waals surface area contributed by atoms with Gasteiger partial charge in [0, 0.05) is 30.6 Å². The van der Waals surface area contributed by atoms with Gasteiger partial charge in [-0.1, -0.05) is 23.8 Å². The van der Waals surface area contributed by atoms with Crippen LogP contribution in [-0.4, -0.2) is 20.9 Å². The van der Waals surface area contributed by atoms with Gasteiger partial charge in [-0.15, -0.1) is 0 Å². The summed E-state index contributed by atoms with van der Waals surface area (Å²) in [7, 11) is 0. The highest BCUT2D eigenvalue weighted by molar-refractivity contribution is 5.91. The molecule has 1 fully saturated rings. The number of carbonyl (C=O) groups excluding carboxylic acids is 1. The van der Waals surface area contributed by atoms with Gasteiger partial charge < -0.3 is 4.74 Å². The van der Waals surface area contributed by atoms with E-state index in [9.17, 15) is 18.0 Å². The van der Waals surface area contributed by atoms with Gasteiger partial charge in [0.05, 0.1) is 5.56 Å². The molecule has 0 bridgehead atoms. The lowest BCUT2D eigenvalue weighted by Crippen LogP contribution is -2.26. The second kappa shape index (κ2) is 9.81. The molecule has 6 nitrogen and oxygen atoms in total. The number of pyridine rings is 1. The summed E-state index contributed by atoms with van der Waals surface area (Å²) in [6.07, 6.45) is 4.67. The van der Waals surface area contributed by atoms with Crippen LogP contribution in [0.2, 0.25) is 0 Å². The number of hydrogen-bond donors (Lipinski definition) is 1. The Bertz CT molecular complexity index is 1130. The molecule has 1 saturated carbocycles. The molecule has 0 radical (unpaired) electrons. The Morgan fingerprint density at radius 2 is 1.91 bits per heavy atom. The molecule has 2 heterocycles. The molecule has 0 aliphatic heterocycles. The van der Waals surface area contributed by atoms with Crippen molar-refractivity contribution in [3.63, 3.8) is 0 Å². The van der Waals surface area contributed by atoms with Crippen molar-refractivity contribution in [1.29, 1.82) is 0 Å². The van der Waals surface area contributed by atoms with Crippen molar-refractivity contribution >= 4 is 17.9 Å². The van der Waals surface area contributed by atoms with E-state index in [4.69, 9.17) is 4.74 Å². The van der Waals surface area contributed by atoms with E-state index in [1.165, 1.54) is 6.07 Å². The third kappa shape index (κ3) is 6.15. The Kier molecular flexibility index (Phi) is 6.67. The number of benzene rings is 1. The van der Waals surface area contributed by atoms with Gasteiger partial charge in [0.15, 0.2) is 0 Å². The van der Waals surface area contributed by atoms with Gasteiger partial charge in [-0.25, -0.2) is 15.0 Å². The zero-order chi connectivity index (χ0) is 23.3. The van der Waals surface area contributed by atoms with Crippen LogP contribution in [0.25, 0.3) is 6.08 Å². The zero-order valence-electron chi connectivity index (χ0n) is 17.5. The summed E-state index contributed by atoms with van der Waals surface area (Å²) in [6, 6.07) is 11.0. The van der Waals surface area contributed by atoms with Gasteiger partial charge in [0.25, 0.3) is 0 Å². The third-order valence-corrected chi connectivity index (χ3v) is 5.25. The standard InChI is InChI=1S/C24H21F3N4O2/c25-24(26,27)19-8-9-21(30-15-19)33-20-7-2-5-17(14-20)12-16-4-1-6-18(13-16)22(32)31-23-28-10-3-11-29-23/h2-3,5,7-12,14-15,18H,1,4,6,13H2,(H,28,29,31,32). The van der Waals surface area contributed by atoms with E-state index in [2.05, 4.69) is 20.3 Å². The van der Waals surface area contributed by atoms with Gasteiger partial charge in [0.2, 0.25) is 17.7 Å². The van der Waals surface area contributed by atoms with E-state index in [1.807, 2.05) is 12.1 Å². The van der Waals surface area contributed by atoms with Gasteiger partial charge in [-0.3, -0.25) is 10.1 Å². The Balaban J connectivity index is 1.41. The molecule has 2 aromatic heterocycles. The number of hydrogen-bond acceptors (Lipinski definition) is 5. The highest BCUT2D eigenvalue weighted by Crippen LogP contribution is 2.32. The van der Waals surface area contributed by atoms with Crippen molar-refractivity contribution in [3.8, 4) is 11.6 Å². The molecule has 33 heavy (non-hydrogen) atoms. The maximum atomic E-state index is 12.7. The number of aromatic nitrogens is 3. The first-order valence-corrected chi connectivity index (χ1v) is 10.5. The second-order valence-corrected chi connectivity index (χ2v) is 7.71. The predicted molar refractivity (Wildman–Crippen MR) is 116 cm³/mol. The summed E-state index contributed by atoms with van der Waals surface area (Å²) in [5.41, 5.74) is 1.19. The maximum Gasteiger partial charge on any atom is 0.417 e. The van der Waals surface area contributed by atoms with E-state index in [1.54, 1.807) is 36.7 Å². The molecule has 4 rings (SSSR count). The summed E-state index contributed by atoms with van der Waals surface area (Å²) < 4.78 is 43.7. The largest absolute Gasteiger partial charge is 0.439 e. The van der Waals surface area contributed by atoms with Gasteiger partial charge in [-0.2, -0.15) is 13.2 Å². The maximum absolute atomic E-state index is 12.7. The van der Waals surface area contributed by atoms with Crippen LogP contribution >= 0.6 is 0 Å². The van der Waals surface area contributed by atoms with Crippen molar-refractivity contribution in [2.45, 2.75) is 31.9 Å². The lowest BCUT2D eigenvalue weighted by Gasteiger charge is -2.23. The lowest BCUT2D eigenvalue weighted by molar-refractivity contribution is -0.137. The number of halogens is 3. The highest BCUT2D eigenvalue weighted by atomic mass is 19.4. The number of amides is 1. The molecule has 1 aromatic carbocycles. The molecule has 1 N–H and O–H groups in total. The van der Waals surface area contributed by atoms with E-state index < -0.39 is 11.7 Å². The average molecular weight is 454 g/mol. The third-order valence-electron chi connectivity index (χ3n) is 5.25. The van der Waals surface area contributed by atoms with E-state index >= 15 is 0 Å². The molecule has 1 amide bonds. The molecular weight excluding hydrogens is 433 g/mol. The summed E-state index contributed by atoms with van der Waals surface area (Å²) in [5.74, 6) is 0.565. The van der Waals surface area contributed by atoms with Crippen LogP contribution in [0.4, 0.5) is 19.1 Å². The highest BCUT2D eigenvalue weighted by Gasteiger charge is 2.30. The number of nitrogens with one attached hydrogen (secondary N) is 1. The van der Waals surface area contributed by atoms with Gasteiger partial charge in [-0.05, 0) is 55.5 Å². The van der Waals surface area contributed by atoms with E-state index in [0.29, 0.717) is 18.1 Å². The number of rotatable bonds is 5. The average Bonchev–Trinajstić information content (AvgIpc) is 2.80. The molecule has 0 saturated heterocycles. The van der Waals surface area contributed by atoms with Crippen LogP contribution in [-0.2, 0) is 11.0 Å². The van der Waals surface area contributed by atoms with Crippen LogP contribution < -0.4 is 10.1 Å². The molecule has 9 heteroatoms. The van der Waals surface area contributed by atoms with E-state index in [-0.39, 0.29) is 17.7 Å². The summed E-state index contributed by atoms with van der Waals surface area (Å²) in [5, 5.41) is 2.76. The van der Waals surface area contributed by atoms with Crippen LogP contribution in [0.5, 0.6) is 11.6 Å². The van der Waals surface area contributed by atoms with Crippen molar-refractivity contribution in [1.82, 2.24) is 15.0 Å². The first-order valence-electron chi connectivity index (χ1n) is 10.5. The van der Waals surface area contributed by atoms with Crippen LogP contribution in [0, 0.1) is 5.92 Å². The lowest BCUT2D eigenvalue weighted by atomic mass is 9.84. The molecule has 1 unspecified atom stereocenters. The summed E-state index contributed by atoms with van der Waals surface area (Å²) >= 11 is 0. The number of anilines is 1. The normalized spacial score (nSPS) is 17.5. The van der Waals surface area contributed by atoms with Gasteiger partial charge in [0.1, 0.15) is 5.75 Å². The molecule has 0 spiro atoms. The summed E-state index contributed by atoms with van der Waals surface area (Å²) in [4.78, 5) is 24.4. The van der Waals surface area contributed by atoms with Crippen molar-refractivity contribution < 1.29 is 22.7 Å². The zero-order valence-corrected chi connectivity index (χ0v) is 17.5. The first kappa shape index (κ1) is 22.4. The number of ether oxygens (including phenoxy) is 1. The first-order chi connectivity index (χ1) is 15.9. The van der Waals surface area contributed by atoms with Crippen molar-refractivity contribution in [3.05, 3.63) is 77.8 Å². The number of carbonyl (C=O) groups is 1. The smallest absolute Gasteiger partial charge is 0.417 e. The predicted octanol–water partition coefficient (Wildman–Crippen LogP) is 5.90. The minimum Gasteiger partial charge on any atom is -0.439 e. The SMILES string of the molecule is O=C(Nc1ncccn1)C1CCCC(=Cc2cccc(Oc3ccc(C(F)(F)F)cn3)c2)C1. The fraction of sp³-hybridized carbons (Fsp3) is 0.250. The summed E-state index contributed by atoms with van der Waals surface area (Å²) in [6.45, 7) is 0.